The summed E-state index contributed by atoms with van der Waals surface area (Å²) in [4.78, 5) is 27.5. The zero-order valence-electron chi connectivity index (χ0n) is 13.5. The fourth-order valence-corrected chi connectivity index (χ4v) is 2.43. The molecule has 0 unspecified atom stereocenters. The summed E-state index contributed by atoms with van der Waals surface area (Å²) in [5.41, 5.74) is 1.71. The summed E-state index contributed by atoms with van der Waals surface area (Å²) in [6.07, 6.45) is 1.50. The molecule has 0 aliphatic carbocycles. The summed E-state index contributed by atoms with van der Waals surface area (Å²) >= 11 is 0. The molecule has 0 aromatic heterocycles. The third kappa shape index (κ3) is 4.56. The Kier molecular flexibility index (Phi) is 5.55. The lowest BCUT2D eigenvalue weighted by molar-refractivity contribution is -0.130. The maximum Gasteiger partial charge on any atom is 0.338 e. The van der Waals surface area contributed by atoms with Gasteiger partial charge in [-0.25, -0.2) is 4.79 Å². The van der Waals surface area contributed by atoms with Crippen LogP contribution in [0.3, 0.4) is 0 Å². The second-order valence-electron chi connectivity index (χ2n) is 6.04. The predicted molar refractivity (Wildman–Crippen MR) is 84.8 cm³/mol. The smallest absolute Gasteiger partial charge is 0.338 e. The highest BCUT2D eigenvalue weighted by atomic mass is 16.5. The van der Waals surface area contributed by atoms with Gasteiger partial charge in [0.05, 0.1) is 12.1 Å². The van der Waals surface area contributed by atoms with Crippen LogP contribution in [0.15, 0.2) is 24.3 Å². The number of carbonyl (C=O) groups excluding carboxylic acids is 2. The average Bonchev–Trinajstić information content (AvgIpc) is 2.49. The van der Waals surface area contributed by atoms with Crippen molar-refractivity contribution in [1.29, 1.82) is 0 Å². The highest BCUT2D eigenvalue weighted by Crippen LogP contribution is 2.16. The quantitative estimate of drug-likeness (QED) is 0.795. The van der Waals surface area contributed by atoms with Gasteiger partial charge in [0.2, 0.25) is 5.91 Å². The molecule has 1 aliphatic rings. The number of benzene rings is 1. The SMILES string of the molecule is Cc1ccc(C(=O)OC2CCN(CC(=O)N(C)C)CC2)cc1. The summed E-state index contributed by atoms with van der Waals surface area (Å²) in [6.45, 7) is 3.99. The number of carbonyl (C=O) groups is 2. The molecule has 0 saturated carbocycles. The molecule has 120 valence electrons. The van der Waals surface area contributed by atoms with Crippen molar-refractivity contribution in [1.82, 2.24) is 9.80 Å². The van der Waals surface area contributed by atoms with E-state index in [0.29, 0.717) is 12.1 Å². The van der Waals surface area contributed by atoms with Gasteiger partial charge < -0.3 is 9.64 Å². The molecule has 5 heteroatoms. The number of likely N-dealkylation sites (tertiary alicyclic amines) is 1. The van der Waals surface area contributed by atoms with Gasteiger partial charge in [0.1, 0.15) is 6.10 Å². The van der Waals surface area contributed by atoms with Crippen LogP contribution in [0, 0.1) is 6.92 Å². The van der Waals surface area contributed by atoms with Crippen molar-refractivity contribution in [3.8, 4) is 0 Å². The van der Waals surface area contributed by atoms with Crippen molar-refractivity contribution in [2.45, 2.75) is 25.9 Å². The molecule has 2 rings (SSSR count). The Morgan fingerprint density at radius 3 is 2.32 bits per heavy atom. The Hall–Kier alpha value is -1.88. The van der Waals surface area contributed by atoms with Gasteiger partial charge in [-0.15, -0.1) is 0 Å². The normalized spacial score (nSPS) is 16.3. The van der Waals surface area contributed by atoms with Gasteiger partial charge in [-0.05, 0) is 31.9 Å². The van der Waals surface area contributed by atoms with Crippen LogP contribution in [-0.2, 0) is 9.53 Å². The third-order valence-corrected chi connectivity index (χ3v) is 3.95. The minimum Gasteiger partial charge on any atom is -0.459 e. The van der Waals surface area contributed by atoms with E-state index in [2.05, 4.69) is 4.90 Å². The van der Waals surface area contributed by atoms with E-state index < -0.39 is 0 Å². The van der Waals surface area contributed by atoms with Crippen molar-refractivity contribution >= 4 is 11.9 Å². The van der Waals surface area contributed by atoms with E-state index in [9.17, 15) is 9.59 Å². The van der Waals surface area contributed by atoms with E-state index in [0.717, 1.165) is 31.5 Å². The van der Waals surface area contributed by atoms with Gasteiger partial charge in [-0.2, -0.15) is 0 Å². The van der Waals surface area contributed by atoms with Crippen LogP contribution in [0.25, 0.3) is 0 Å². The average molecular weight is 304 g/mol. The van der Waals surface area contributed by atoms with Gasteiger partial charge >= 0.3 is 5.97 Å². The largest absolute Gasteiger partial charge is 0.459 e. The summed E-state index contributed by atoms with van der Waals surface area (Å²) in [6, 6.07) is 7.41. The number of esters is 1. The van der Waals surface area contributed by atoms with Crippen molar-refractivity contribution in [3.63, 3.8) is 0 Å². The second-order valence-corrected chi connectivity index (χ2v) is 6.04. The first-order valence-corrected chi connectivity index (χ1v) is 7.66. The second kappa shape index (κ2) is 7.40. The molecular formula is C17H24N2O3. The Morgan fingerprint density at radius 1 is 1.18 bits per heavy atom. The summed E-state index contributed by atoms with van der Waals surface area (Å²) < 4.78 is 5.56. The van der Waals surface area contributed by atoms with E-state index >= 15 is 0 Å². The minimum absolute atomic E-state index is 0.0560. The van der Waals surface area contributed by atoms with Gasteiger partial charge in [-0.1, -0.05) is 17.7 Å². The molecule has 0 N–H and O–H groups in total. The van der Waals surface area contributed by atoms with Crippen LogP contribution in [0.5, 0.6) is 0 Å². The van der Waals surface area contributed by atoms with Crippen molar-refractivity contribution < 1.29 is 14.3 Å². The Balaban J connectivity index is 1.78. The van der Waals surface area contributed by atoms with Crippen LogP contribution in [0.4, 0.5) is 0 Å². The molecule has 1 amide bonds. The lowest BCUT2D eigenvalue weighted by Crippen LogP contribution is -2.43. The van der Waals surface area contributed by atoms with Crippen molar-refractivity contribution in [2.75, 3.05) is 33.7 Å². The van der Waals surface area contributed by atoms with Crippen LogP contribution in [0.2, 0.25) is 0 Å². The molecule has 1 heterocycles. The number of amides is 1. The van der Waals surface area contributed by atoms with Crippen LogP contribution in [0.1, 0.15) is 28.8 Å². The minimum atomic E-state index is -0.261. The van der Waals surface area contributed by atoms with Crippen molar-refractivity contribution in [2.24, 2.45) is 0 Å². The van der Waals surface area contributed by atoms with Gasteiger partial charge in [0, 0.05) is 27.2 Å². The first-order chi connectivity index (χ1) is 10.5. The van der Waals surface area contributed by atoms with Crippen LogP contribution < -0.4 is 0 Å². The number of piperidine rings is 1. The number of ether oxygens (including phenoxy) is 1. The Bertz CT molecular complexity index is 517. The first-order valence-electron chi connectivity index (χ1n) is 7.66. The molecule has 1 aromatic rings. The number of rotatable bonds is 4. The van der Waals surface area contributed by atoms with E-state index in [1.165, 1.54) is 0 Å². The molecular weight excluding hydrogens is 280 g/mol. The van der Waals surface area contributed by atoms with E-state index in [4.69, 9.17) is 4.74 Å². The predicted octanol–water partition coefficient (Wildman–Crippen LogP) is 1.70. The number of aryl methyl sites for hydroxylation is 1. The fourth-order valence-electron chi connectivity index (χ4n) is 2.43. The Morgan fingerprint density at radius 2 is 1.77 bits per heavy atom. The fraction of sp³-hybridized carbons (Fsp3) is 0.529. The molecule has 1 fully saturated rings. The monoisotopic (exact) mass is 304 g/mol. The van der Waals surface area contributed by atoms with Crippen LogP contribution in [-0.4, -0.2) is 61.5 Å². The molecule has 1 aliphatic heterocycles. The topological polar surface area (TPSA) is 49.9 Å². The van der Waals surface area contributed by atoms with Crippen molar-refractivity contribution in [3.05, 3.63) is 35.4 Å². The third-order valence-electron chi connectivity index (χ3n) is 3.95. The highest BCUT2D eigenvalue weighted by Gasteiger charge is 2.24. The lowest BCUT2D eigenvalue weighted by atomic mass is 10.1. The number of likely N-dealkylation sites (N-methyl/N-ethyl adjacent to an activating group) is 1. The molecule has 5 nitrogen and oxygen atoms in total. The number of hydrogen-bond donors (Lipinski definition) is 0. The molecule has 0 bridgehead atoms. The highest BCUT2D eigenvalue weighted by molar-refractivity contribution is 5.89. The molecule has 0 spiro atoms. The summed E-state index contributed by atoms with van der Waals surface area (Å²) in [5, 5.41) is 0. The number of hydrogen-bond acceptors (Lipinski definition) is 4. The zero-order valence-corrected chi connectivity index (χ0v) is 13.5. The molecule has 22 heavy (non-hydrogen) atoms. The first kappa shape index (κ1) is 16.5. The maximum atomic E-state index is 12.1. The summed E-state index contributed by atoms with van der Waals surface area (Å²) in [5.74, 6) is -0.155. The van der Waals surface area contributed by atoms with Gasteiger partial charge in [0.15, 0.2) is 0 Å². The molecule has 0 radical (unpaired) electrons. The maximum absolute atomic E-state index is 12.1. The standard InChI is InChI=1S/C17H24N2O3/c1-13-4-6-14(7-5-13)17(21)22-15-8-10-19(11-9-15)12-16(20)18(2)3/h4-7,15H,8-12H2,1-3H3. The molecule has 0 atom stereocenters. The van der Waals surface area contributed by atoms with E-state index in [-0.39, 0.29) is 18.0 Å². The zero-order chi connectivity index (χ0) is 16.1. The van der Waals surface area contributed by atoms with Gasteiger partial charge in [0.25, 0.3) is 0 Å². The van der Waals surface area contributed by atoms with Crippen LogP contribution >= 0.6 is 0 Å². The Labute approximate surface area is 131 Å². The molecule has 1 saturated heterocycles. The molecule has 1 aromatic carbocycles. The summed E-state index contributed by atoms with van der Waals surface area (Å²) in [7, 11) is 3.52. The number of nitrogens with zero attached hydrogens (tertiary/aromatic N) is 2. The lowest BCUT2D eigenvalue weighted by Gasteiger charge is -2.31. The van der Waals surface area contributed by atoms with Gasteiger partial charge in [-0.3, -0.25) is 9.69 Å². The van der Waals surface area contributed by atoms with E-state index in [1.807, 2.05) is 19.1 Å². The van der Waals surface area contributed by atoms with E-state index in [1.54, 1.807) is 31.1 Å².